The van der Waals surface area contributed by atoms with Gasteiger partial charge in [0.2, 0.25) is 17.0 Å². The monoisotopic (exact) mass is 538 g/mol. The highest BCUT2D eigenvalue weighted by Crippen LogP contribution is 2.35. The molecule has 0 radical (unpaired) electrons. The smallest absolute Gasteiger partial charge is 0.254 e. The quantitative estimate of drug-likeness (QED) is 0.243. The third-order valence-corrected chi connectivity index (χ3v) is 7.14. The van der Waals surface area contributed by atoms with E-state index in [-0.39, 0.29) is 23.0 Å². The minimum absolute atomic E-state index is 0.129. The van der Waals surface area contributed by atoms with Crippen molar-refractivity contribution in [3.05, 3.63) is 51.2 Å². The minimum Gasteiger partial charge on any atom is -0.456 e. The number of carbonyl (C=O) groups is 1. The highest BCUT2D eigenvalue weighted by molar-refractivity contribution is 7.15. The summed E-state index contributed by atoms with van der Waals surface area (Å²) >= 11 is 1.37. The van der Waals surface area contributed by atoms with Crippen molar-refractivity contribution in [2.24, 2.45) is 5.73 Å². The molecular weight excluding hydrogens is 514 g/mol. The molecule has 1 aliphatic rings. The third-order valence-electron chi connectivity index (χ3n) is 6.11. The molecule has 6 rings (SSSR count). The summed E-state index contributed by atoms with van der Waals surface area (Å²) in [7, 11) is 0. The average Bonchev–Trinajstić information content (AvgIpc) is 3.67. The summed E-state index contributed by atoms with van der Waals surface area (Å²) in [5.41, 5.74) is 11.3. The van der Waals surface area contributed by atoms with Crippen molar-refractivity contribution in [2.45, 2.75) is 6.42 Å². The van der Waals surface area contributed by atoms with Crippen molar-refractivity contribution in [3.63, 3.8) is 0 Å². The summed E-state index contributed by atoms with van der Waals surface area (Å²) in [6.07, 6.45) is 4.90. The van der Waals surface area contributed by atoms with Crippen LogP contribution in [0.25, 0.3) is 27.4 Å². The highest BCUT2D eigenvalue weighted by atomic mass is 32.1. The fraction of sp³-hybridized carbons (Fsp3) is 0.304. The number of nitrogens with zero attached hydrogens (tertiary/aromatic N) is 6. The Balaban J connectivity index is 1.36. The number of ether oxygens (including phenoxy) is 1. The first-order valence-electron chi connectivity index (χ1n) is 11.9. The number of aromatic nitrogens is 5. The van der Waals surface area contributed by atoms with E-state index in [1.165, 1.54) is 30.0 Å². The van der Waals surface area contributed by atoms with Gasteiger partial charge in [0.1, 0.15) is 23.2 Å². The topological polar surface area (TPSA) is 195 Å². The summed E-state index contributed by atoms with van der Waals surface area (Å²) in [5.74, 6) is 0.290. The lowest BCUT2D eigenvalue weighted by atomic mass is 10.1. The number of hydrogen-bond donors (Lipinski definition) is 3. The van der Waals surface area contributed by atoms with E-state index in [0.29, 0.717) is 78.7 Å². The number of amides is 1. The van der Waals surface area contributed by atoms with Gasteiger partial charge < -0.3 is 35.3 Å². The maximum atomic E-state index is 12.7. The Labute approximate surface area is 218 Å². The molecule has 6 N–H and O–H groups in total. The molecule has 0 bridgehead atoms. The van der Waals surface area contributed by atoms with Gasteiger partial charge >= 0.3 is 0 Å². The van der Waals surface area contributed by atoms with E-state index in [1.54, 1.807) is 10.6 Å². The van der Waals surface area contributed by atoms with Crippen LogP contribution in [0.2, 0.25) is 0 Å². The number of rotatable bonds is 8. The Morgan fingerprint density at radius 1 is 1.26 bits per heavy atom. The Morgan fingerprint density at radius 3 is 2.89 bits per heavy atom. The molecule has 0 spiro atoms. The molecule has 1 fully saturated rings. The van der Waals surface area contributed by atoms with E-state index >= 15 is 0 Å². The molecule has 38 heavy (non-hydrogen) atoms. The highest BCUT2D eigenvalue weighted by Gasteiger charge is 2.23. The van der Waals surface area contributed by atoms with E-state index in [9.17, 15) is 9.59 Å². The van der Waals surface area contributed by atoms with Crippen molar-refractivity contribution in [3.8, 4) is 10.6 Å². The van der Waals surface area contributed by atoms with E-state index < -0.39 is 5.91 Å². The van der Waals surface area contributed by atoms with E-state index in [0.717, 1.165) is 4.88 Å². The Morgan fingerprint density at radius 2 is 2.11 bits per heavy atom. The number of furan rings is 1. The molecule has 0 atom stereocenters. The van der Waals surface area contributed by atoms with Crippen molar-refractivity contribution in [2.75, 3.05) is 49.6 Å². The van der Waals surface area contributed by atoms with Gasteiger partial charge in [0.25, 0.3) is 5.91 Å². The lowest BCUT2D eigenvalue weighted by molar-refractivity contribution is -0.362. The molecule has 6 heterocycles. The lowest BCUT2D eigenvalue weighted by Crippen LogP contribution is -2.53. The molecule has 14 nitrogen and oxygen atoms in total. The van der Waals surface area contributed by atoms with Gasteiger partial charge in [0, 0.05) is 30.6 Å². The third kappa shape index (κ3) is 4.25. The lowest BCUT2D eigenvalue weighted by Gasteiger charge is -2.26. The van der Waals surface area contributed by atoms with Crippen LogP contribution in [0.4, 0.5) is 11.8 Å². The zero-order valence-electron chi connectivity index (χ0n) is 20.2. The minimum atomic E-state index is -0.655. The number of thiazole rings is 1. The van der Waals surface area contributed by atoms with Crippen LogP contribution in [0.15, 0.2) is 38.5 Å². The van der Waals surface area contributed by atoms with Crippen LogP contribution in [0.3, 0.4) is 0 Å². The van der Waals surface area contributed by atoms with Gasteiger partial charge in [-0.3, -0.25) is 14.0 Å². The van der Waals surface area contributed by atoms with Gasteiger partial charge in [0.15, 0.2) is 17.1 Å². The van der Waals surface area contributed by atoms with Gasteiger partial charge in [-0.1, -0.05) is 0 Å². The fourth-order valence-corrected chi connectivity index (χ4v) is 5.25. The average molecular weight is 539 g/mol. The van der Waals surface area contributed by atoms with Crippen LogP contribution >= 0.6 is 11.3 Å². The molecule has 15 heteroatoms. The van der Waals surface area contributed by atoms with Crippen molar-refractivity contribution < 1.29 is 24.1 Å². The van der Waals surface area contributed by atoms with Crippen LogP contribution < -0.4 is 27.1 Å². The first-order valence-corrected chi connectivity index (χ1v) is 12.7. The SMILES string of the molecule is NC(=O)c1c(Cc2cnc(-c3coc4c(=O)cc(N5CCOCC5)oc34)s2)nc(NCC[NH3+])n2cnnc12. The second kappa shape index (κ2) is 9.85. The predicted octanol–water partition coefficient (Wildman–Crippen LogP) is 0.127. The van der Waals surface area contributed by atoms with Crippen LogP contribution in [0, 0.1) is 0 Å². The van der Waals surface area contributed by atoms with Crippen molar-refractivity contribution in [1.82, 2.24) is 24.6 Å². The number of primary amides is 1. The van der Waals surface area contributed by atoms with Crippen molar-refractivity contribution >= 4 is 45.9 Å². The number of hydrogen-bond acceptors (Lipinski definition) is 12. The van der Waals surface area contributed by atoms with E-state index in [4.69, 9.17) is 19.3 Å². The first-order chi connectivity index (χ1) is 18.5. The molecule has 1 aliphatic heterocycles. The zero-order chi connectivity index (χ0) is 26.2. The van der Waals surface area contributed by atoms with Crippen LogP contribution in [-0.2, 0) is 11.2 Å². The van der Waals surface area contributed by atoms with Crippen LogP contribution in [0.1, 0.15) is 20.9 Å². The molecule has 0 saturated carbocycles. The second-order valence-corrected chi connectivity index (χ2v) is 9.71. The number of nitrogens with one attached hydrogen (secondary N) is 1. The molecule has 0 aromatic carbocycles. The molecular formula is C23H24N9O5S+. The number of anilines is 2. The molecule has 5 aromatic heterocycles. The van der Waals surface area contributed by atoms with E-state index in [1.807, 2.05) is 4.90 Å². The fourth-order valence-electron chi connectivity index (χ4n) is 4.33. The summed E-state index contributed by atoms with van der Waals surface area (Å²) in [6, 6.07) is 1.44. The van der Waals surface area contributed by atoms with Gasteiger partial charge in [-0.2, -0.15) is 0 Å². The summed E-state index contributed by atoms with van der Waals surface area (Å²) < 4.78 is 18.7. The summed E-state index contributed by atoms with van der Waals surface area (Å²) in [6.45, 7) is 3.58. The van der Waals surface area contributed by atoms with E-state index in [2.05, 4.69) is 31.2 Å². The second-order valence-electron chi connectivity index (χ2n) is 8.59. The van der Waals surface area contributed by atoms with Gasteiger partial charge in [-0.15, -0.1) is 21.5 Å². The standard InChI is InChI=1S/C23H23N9O5S/c24-1-2-26-23-29-14(17(20(25)34)21-30-28-11-32(21)23)7-12-9-27-22(38-12)13-10-36-19-15(33)8-16(37-18(13)19)31-3-5-35-6-4-31/h8-11H,1-7,24H2,(H2,25,34)(H,26,29)/p+1. The van der Waals surface area contributed by atoms with Crippen LogP contribution in [0.5, 0.6) is 0 Å². The molecule has 0 aliphatic carbocycles. The largest absolute Gasteiger partial charge is 0.456 e. The number of quaternary nitrogens is 1. The Kier molecular flexibility index (Phi) is 6.22. The molecule has 1 saturated heterocycles. The number of carbonyl (C=O) groups excluding carboxylic acids is 1. The summed E-state index contributed by atoms with van der Waals surface area (Å²) in [5, 5.41) is 11.8. The normalized spacial score (nSPS) is 14.0. The first kappa shape index (κ1) is 24.0. The van der Waals surface area contributed by atoms with Crippen LogP contribution in [-0.4, -0.2) is 69.9 Å². The van der Waals surface area contributed by atoms with Gasteiger partial charge in [-0.25, -0.2) is 9.97 Å². The van der Waals surface area contributed by atoms with Crippen molar-refractivity contribution in [1.29, 1.82) is 0 Å². The molecule has 0 unspecified atom stereocenters. The van der Waals surface area contributed by atoms with Gasteiger partial charge in [0.05, 0.1) is 43.6 Å². The Hall–Kier alpha value is -4.34. The summed E-state index contributed by atoms with van der Waals surface area (Å²) in [4.78, 5) is 37.1. The van der Waals surface area contributed by atoms with Gasteiger partial charge in [-0.05, 0) is 0 Å². The Bertz CT molecular complexity index is 1700. The number of fused-ring (bicyclic) bond motifs is 2. The maximum Gasteiger partial charge on any atom is 0.254 e. The predicted molar refractivity (Wildman–Crippen MR) is 137 cm³/mol. The number of nitrogens with two attached hydrogens (primary N) is 1. The number of morpholine rings is 1. The maximum absolute atomic E-state index is 12.7. The molecule has 1 amide bonds. The zero-order valence-corrected chi connectivity index (χ0v) is 21.0. The molecule has 196 valence electrons. The molecule has 5 aromatic rings.